The van der Waals surface area contributed by atoms with Gasteiger partial charge in [0, 0.05) is 18.7 Å². The minimum atomic E-state index is 0.417. The summed E-state index contributed by atoms with van der Waals surface area (Å²) in [4.78, 5) is 12.9. The van der Waals surface area contributed by atoms with Crippen LogP contribution in [0.2, 0.25) is 0 Å². The lowest BCUT2D eigenvalue weighted by Gasteiger charge is -2.07. The third-order valence-electron chi connectivity index (χ3n) is 2.85. The number of nitrogens with two attached hydrogens (primary N) is 1. The summed E-state index contributed by atoms with van der Waals surface area (Å²) >= 11 is 0. The Balaban J connectivity index is 1.81. The van der Waals surface area contributed by atoms with E-state index in [1.165, 1.54) is 0 Å². The first kappa shape index (κ1) is 13.0. The van der Waals surface area contributed by atoms with Crippen molar-refractivity contribution in [3.05, 3.63) is 48.5 Å². The molecule has 21 heavy (non-hydrogen) atoms. The lowest BCUT2D eigenvalue weighted by atomic mass is 10.2. The molecule has 0 aliphatic carbocycles. The molecule has 0 amide bonds. The maximum Gasteiger partial charge on any atom is 0.169 e. The smallest absolute Gasteiger partial charge is 0.169 e. The van der Waals surface area contributed by atoms with Gasteiger partial charge in [0.05, 0.1) is 6.54 Å². The molecule has 0 aliphatic heterocycles. The van der Waals surface area contributed by atoms with Crippen molar-refractivity contribution in [2.24, 2.45) is 7.05 Å². The standard InChI is InChI=1S/C14H15N7/c1-21-9-17-13(20-21)8-16-12-7-11(15)18-14(19-12)10-5-3-2-4-6-10/h2-7,9H,8H2,1H3,(H3,15,16,18,19). The molecular formula is C14H15N7. The molecule has 3 aromatic rings. The van der Waals surface area contributed by atoms with Gasteiger partial charge in [-0.15, -0.1) is 0 Å². The van der Waals surface area contributed by atoms with Crippen LogP contribution in [0.4, 0.5) is 11.6 Å². The van der Waals surface area contributed by atoms with E-state index in [2.05, 4.69) is 25.4 Å². The fourth-order valence-electron chi connectivity index (χ4n) is 1.91. The summed E-state index contributed by atoms with van der Waals surface area (Å²) in [6.45, 7) is 0.478. The van der Waals surface area contributed by atoms with Crippen LogP contribution in [-0.2, 0) is 13.6 Å². The van der Waals surface area contributed by atoms with Crippen LogP contribution in [-0.4, -0.2) is 24.7 Å². The van der Waals surface area contributed by atoms with Crippen LogP contribution in [0, 0.1) is 0 Å². The van der Waals surface area contributed by atoms with Gasteiger partial charge in [0.1, 0.15) is 18.0 Å². The highest BCUT2D eigenvalue weighted by atomic mass is 15.3. The Labute approximate surface area is 121 Å². The Morgan fingerprint density at radius 3 is 2.71 bits per heavy atom. The summed E-state index contributed by atoms with van der Waals surface area (Å²) in [5.74, 6) is 2.34. The van der Waals surface area contributed by atoms with Gasteiger partial charge in [-0.3, -0.25) is 4.68 Å². The fraction of sp³-hybridized carbons (Fsp3) is 0.143. The molecule has 0 radical (unpaired) electrons. The molecule has 2 heterocycles. The SMILES string of the molecule is Cn1cnc(CNc2cc(N)nc(-c3ccccc3)n2)n1. The molecular weight excluding hydrogens is 266 g/mol. The second-order valence-corrected chi connectivity index (χ2v) is 4.56. The molecule has 0 bridgehead atoms. The number of aromatic nitrogens is 5. The molecule has 0 atom stereocenters. The van der Waals surface area contributed by atoms with Crippen molar-refractivity contribution in [1.82, 2.24) is 24.7 Å². The number of benzene rings is 1. The summed E-state index contributed by atoms with van der Waals surface area (Å²) < 4.78 is 1.65. The molecule has 7 nitrogen and oxygen atoms in total. The van der Waals surface area contributed by atoms with Crippen LogP contribution in [0.5, 0.6) is 0 Å². The number of nitrogens with one attached hydrogen (secondary N) is 1. The first-order chi connectivity index (χ1) is 10.2. The number of rotatable bonds is 4. The van der Waals surface area contributed by atoms with Crippen molar-refractivity contribution in [1.29, 1.82) is 0 Å². The van der Waals surface area contributed by atoms with Gasteiger partial charge >= 0.3 is 0 Å². The van der Waals surface area contributed by atoms with Crippen LogP contribution in [0.3, 0.4) is 0 Å². The summed E-state index contributed by atoms with van der Waals surface area (Å²) in [7, 11) is 1.83. The predicted octanol–water partition coefficient (Wildman–Crippen LogP) is 1.47. The van der Waals surface area contributed by atoms with E-state index in [0.717, 1.165) is 5.56 Å². The number of nitrogen functional groups attached to an aromatic ring is 1. The van der Waals surface area contributed by atoms with Crippen molar-refractivity contribution in [2.75, 3.05) is 11.1 Å². The number of hydrogen-bond donors (Lipinski definition) is 2. The van der Waals surface area contributed by atoms with Gasteiger partial charge in [-0.05, 0) is 0 Å². The van der Waals surface area contributed by atoms with E-state index in [0.29, 0.717) is 29.8 Å². The predicted molar refractivity (Wildman–Crippen MR) is 80.2 cm³/mol. The molecule has 1 aromatic carbocycles. The zero-order valence-corrected chi connectivity index (χ0v) is 11.6. The Morgan fingerprint density at radius 1 is 1.19 bits per heavy atom. The Bertz CT molecular complexity index is 736. The van der Waals surface area contributed by atoms with E-state index in [9.17, 15) is 0 Å². The van der Waals surface area contributed by atoms with E-state index in [1.54, 1.807) is 17.1 Å². The Morgan fingerprint density at radius 2 is 2.00 bits per heavy atom. The van der Waals surface area contributed by atoms with Gasteiger partial charge in [0.2, 0.25) is 0 Å². The molecule has 106 valence electrons. The number of anilines is 2. The Kier molecular flexibility index (Phi) is 3.46. The normalized spacial score (nSPS) is 10.5. The van der Waals surface area contributed by atoms with Gasteiger partial charge in [-0.2, -0.15) is 5.10 Å². The van der Waals surface area contributed by atoms with E-state index in [1.807, 2.05) is 37.4 Å². The number of aryl methyl sites for hydroxylation is 1. The van der Waals surface area contributed by atoms with E-state index in [-0.39, 0.29) is 0 Å². The van der Waals surface area contributed by atoms with Crippen molar-refractivity contribution in [2.45, 2.75) is 6.54 Å². The van der Waals surface area contributed by atoms with Gasteiger partial charge in [0.25, 0.3) is 0 Å². The van der Waals surface area contributed by atoms with Gasteiger partial charge < -0.3 is 11.1 Å². The number of nitrogens with zero attached hydrogens (tertiary/aromatic N) is 5. The molecule has 0 saturated heterocycles. The lowest BCUT2D eigenvalue weighted by Crippen LogP contribution is -2.06. The molecule has 3 rings (SSSR count). The fourth-order valence-corrected chi connectivity index (χ4v) is 1.91. The van der Waals surface area contributed by atoms with Crippen molar-refractivity contribution >= 4 is 11.6 Å². The summed E-state index contributed by atoms with van der Waals surface area (Å²) in [6.07, 6.45) is 1.65. The van der Waals surface area contributed by atoms with Crippen molar-refractivity contribution < 1.29 is 0 Å². The first-order valence-corrected chi connectivity index (χ1v) is 6.49. The second-order valence-electron chi connectivity index (χ2n) is 4.56. The maximum absolute atomic E-state index is 5.84. The molecule has 0 spiro atoms. The molecule has 0 unspecified atom stereocenters. The first-order valence-electron chi connectivity index (χ1n) is 6.49. The third-order valence-corrected chi connectivity index (χ3v) is 2.85. The minimum Gasteiger partial charge on any atom is -0.384 e. The van der Waals surface area contributed by atoms with Crippen LogP contribution in [0.25, 0.3) is 11.4 Å². The minimum absolute atomic E-state index is 0.417. The molecule has 3 N–H and O–H groups in total. The monoisotopic (exact) mass is 281 g/mol. The van der Waals surface area contributed by atoms with Crippen LogP contribution in [0.15, 0.2) is 42.7 Å². The summed E-state index contributed by atoms with van der Waals surface area (Å²) in [6, 6.07) is 11.4. The van der Waals surface area contributed by atoms with Crippen LogP contribution < -0.4 is 11.1 Å². The highest BCUT2D eigenvalue weighted by Crippen LogP contribution is 2.18. The summed E-state index contributed by atoms with van der Waals surface area (Å²) in [5.41, 5.74) is 6.76. The van der Waals surface area contributed by atoms with Crippen LogP contribution >= 0.6 is 0 Å². The molecule has 2 aromatic heterocycles. The van der Waals surface area contributed by atoms with Gasteiger partial charge in [-0.1, -0.05) is 30.3 Å². The van der Waals surface area contributed by atoms with Crippen molar-refractivity contribution in [3.8, 4) is 11.4 Å². The van der Waals surface area contributed by atoms with Crippen molar-refractivity contribution in [3.63, 3.8) is 0 Å². The zero-order chi connectivity index (χ0) is 14.7. The average molecular weight is 281 g/mol. The average Bonchev–Trinajstić information content (AvgIpc) is 2.91. The highest BCUT2D eigenvalue weighted by Gasteiger charge is 2.06. The molecule has 0 saturated carbocycles. The quantitative estimate of drug-likeness (QED) is 0.752. The maximum atomic E-state index is 5.84. The topological polar surface area (TPSA) is 94.5 Å². The Hall–Kier alpha value is -2.96. The molecule has 0 fully saturated rings. The zero-order valence-electron chi connectivity index (χ0n) is 11.6. The third kappa shape index (κ3) is 3.14. The largest absolute Gasteiger partial charge is 0.384 e. The van der Waals surface area contributed by atoms with E-state index < -0.39 is 0 Å². The highest BCUT2D eigenvalue weighted by molar-refractivity contribution is 5.60. The van der Waals surface area contributed by atoms with Gasteiger partial charge in [0.15, 0.2) is 11.6 Å². The van der Waals surface area contributed by atoms with E-state index in [4.69, 9.17) is 5.73 Å². The number of hydrogen-bond acceptors (Lipinski definition) is 6. The molecule has 7 heteroatoms. The van der Waals surface area contributed by atoms with Crippen LogP contribution in [0.1, 0.15) is 5.82 Å². The lowest BCUT2D eigenvalue weighted by molar-refractivity contribution is 0.747. The second kappa shape index (κ2) is 5.58. The van der Waals surface area contributed by atoms with E-state index >= 15 is 0 Å². The van der Waals surface area contributed by atoms with Gasteiger partial charge in [-0.25, -0.2) is 15.0 Å². The summed E-state index contributed by atoms with van der Waals surface area (Å²) in [5, 5.41) is 7.35. The molecule has 0 aliphatic rings.